The van der Waals surface area contributed by atoms with E-state index in [9.17, 15) is 22.8 Å². The van der Waals surface area contributed by atoms with Crippen LogP contribution in [0.2, 0.25) is 0 Å². The molecule has 1 aliphatic heterocycles. The average molecular weight is 402 g/mol. The first-order chi connectivity index (χ1) is 13.2. The minimum atomic E-state index is -3.78. The Kier molecular flexibility index (Phi) is 5.43. The lowest BCUT2D eigenvalue weighted by Crippen LogP contribution is -2.44. The van der Waals surface area contributed by atoms with Crippen molar-refractivity contribution >= 4 is 33.4 Å². The van der Waals surface area contributed by atoms with E-state index in [-0.39, 0.29) is 17.9 Å². The Morgan fingerprint density at radius 3 is 2.43 bits per heavy atom. The lowest BCUT2D eigenvalue weighted by Gasteiger charge is -2.14. The van der Waals surface area contributed by atoms with Gasteiger partial charge in [0.15, 0.2) is 0 Å². The van der Waals surface area contributed by atoms with Gasteiger partial charge in [0.25, 0.3) is 5.91 Å². The Bertz CT molecular complexity index is 1030. The van der Waals surface area contributed by atoms with Gasteiger partial charge in [0.2, 0.25) is 21.8 Å². The van der Waals surface area contributed by atoms with Crippen LogP contribution < -0.4 is 21.1 Å². The van der Waals surface area contributed by atoms with Crippen molar-refractivity contribution in [2.45, 2.75) is 23.9 Å². The van der Waals surface area contributed by atoms with E-state index < -0.39 is 33.8 Å². The molecule has 10 heteroatoms. The fraction of sp³-hybridized carbons (Fsp3) is 0.167. The summed E-state index contributed by atoms with van der Waals surface area (Å²) < 4.78 is 22.5. The van der Waals surface area contributed by atoms with Crippen molar-refractivity contribution in [3.8, 4) is 0 Å². The minimum Gasteiger partial charge on any atom is -0.352 e. The molecule has 2 aromatic rings. The number of rotatable bonds is 5. The molecule has 1 atom stereocenters. The van der Waals surface area contributed by atoms with Gasteiger partial charge in [-0.3, -0.25) is 14.4 Å². The van der Waals surface area contributed by atoms with Crippen LogP contribution in [0.5, 0.6) is 0 Å². The molecule has 146 valence electrons. The van der Waals surface area contributed by atoms with Gasteiger partial charge >= 0.3 is 0 Å². The smallest absolute Gasteiger partial charge is 0.254 e. The molecule has 1 unspecified atom stereocenters. The number of hydrogen-bond donors (Lipinski definition) is 4. The maximum absolute atomic E-state index is 12.3. The molecule has 0 aliphatic carbocycles. The number of amides is 3. The second-order valence-electron chi connectivity index (χ2n) is 6.23. The van der Waals surface area contributed by atoms with Gasteiger partial charge in [0.05, 0.1) is 22.6 Å². The standard InChI is InChI=1S/C18H18N4O5S/c19-28(26,27)12-7-5-11(6-8-12)10-20-16(23)9-15-18(25)21-14-4-2-1-3-13(14)17(24)22-15/h1-8,15H,9-10H2,(H,20,23)(H,21,25)(H,22,24)(H2,19,26,27). The molecule has 0 saturated heterocycles. The van der Waals surface area contributed by atoms with Crippen molar-refractivity contribution in [1.29, 1.82) is 0 Å². The van der Waals surface area contributed by atoms with Crippen molar-refractivity contribution in [2.24, 2.45) is 5.14 Å². The number of fused-ring (bicyclic) bond motifs is 1. The molecule has 2 aromatic carbocycles. The van der Waals surface area contributed by atoms with Crippen molar-refractivity contribution in [1.82, 2.24) is 10.6 Å². The second-order valence-corrected chi connectivity index (χ2v) is 7.79. The van der Waals surface area contributed by atoms with Crippen LogP contribution in [0.3, 0.4) is 0 Å². The number of carbonyl (C=O) groups is 3. The summed E-state index contributed by atoms with van der Waals surface area (Å²) in [6.45, 7) is 0.131. The number of benzene rings is 2. The van der Waals surface area contributed by atoms with Crippen LogP contribution in [0.4, 0.5) is 5.69 Å². The van der Waals surface area contributed by atoms with E-state index in [1.165, 1.54) is 24.3 Å². The number of hydrogen-bond acceptors (Lipinski definition) is 5. The monoisotopic (exact) mass is 402 g/mol. The molecule has 9 nitrogen and oxygen atoms in total. The van der Waals surface area contributed by atoms with Crippen LogP contribution in [0.15, 0.2) is 53.4 Å². The third-order valence-corrected chi connectivity index (χ3v) is 5.11. The van der Waals surface area contributed by atoms with E-state index in [1.54, 1.807) is 24.3 Å². The first-order valence-corrected chi connectivity index (χ1v) is 9.88. The van der Waals surface area contributed by atoms with Gasteiger partial charge in [-0.15, -0.1) is 0 Å². The topological polar surface area (TPSA) is 147 Å². The minimum absolute atomic E-state index is 0.0278. The van der Waals surface area contributed by atoms with Crippen LogP contribution in [0, 0.1) is 0 Å². The maximum atomic E-state index is 12.3. The average Bonchev–Trinajstić information content (AvgIpc) is 2.76. The first kappa shape index (κ1) is 19.5. The summed E-state index contributed by atoms with van der Waals surface area (Å²) in [7, 11) is -3.78. The summed E-state index contributed by atoms with van der Waals surface area (Å²) in [4.78, 5) is 36.7. The Balaban J connectivity index is 1.59. The van der Waals surface area contributed by atoms with Crippen molar-refractivity contribution in [3.05, 3.63) is 59.7 Å². The molecule has 28 heavy (non-hydrogen) atoms. The third kappa shape index (κ3) is 4.53. The van der Waals surface area contributed by atoms with Gasteiger partial charge < -0.3 is 16.0 Å². The molecular formula is C18H18N4O5S. The largest absolute Gasteiger partial charge is 0.352 e. The Morgan fingerprint density at radius 1 is 1.07 bits per heavy atom. The number of carbonyl (C=O) groups excluding carboxylic acids is 3. The van der Waals surface area contributed by atoms with Gasteiger partial charge in [0, 0.05) is 6.54 Å². The summed E-state index contributed by atoms with van der Waals surface area (Å²) in [5.74, 6) is -1.36. The SMILES string of the molecule is NS(=O)(=O)c1ccc(CNC(=O)CC2NC(=O)c3ccccc3NC2=O)cc1. The Morgan fingerprint density at radius 2 is 1.75 bits per heavy atom. The highest BCUT2D eigenvalue weighted by Crippen LogP contribution is 2.18. The predicted octanol–water partition coefficient (Wildman–Crippen LogP) is 0.0910. The highest BCUT2D eigenvalue weighted by molar-refractivity contribution is 7.89. The van der Waals surface area contributed by atoms with E-state index in [1.807, 2.05) is 0 Å². The number of primary sulfonamides is 1. The molecule has 0 bridgehead atoms. The molecule has 0 aromatic heterocycles. The van der Waals surface area contributed by atoms with Gasteiger partial charge in [-0.1, -0.05) is 24.3 Å². The molecule has 0 fully saturated rings. The van der Waals surface area contributed by atoms with Crippen LogP contribution in [0.25, 0.3) is 0 Å². The van der Waals surface area contributed by atoms with E-state index in [0.717, 1.165) is 0 Å². The zero-order valence-corrected chi connectivity index (χ0v) is 15.5. The normalized spacial score (nSPS) is 16.4. The van der Waals surface area contributed by atoms with Gasteiger partial charge in [-0.05, 0) is 29.8 Å². The summed E-state index contributed by atoms with van der Waals surface area (Å²) in [5, 5.41) is 12.8. The first-order valence-electron chi connectivity index (χ1n) is 8.33. The number of nitrogens with one attached hydrogen (secondary N) is 3. The molecule has 1 heterocycles. The van der Waals surface area contributed by atoms with Crippen LogP contribution in [-0.4, -0.2) is 32.2 Å². The molecule has 3 rings (SSSR count). The highest BCUT2D eigenvalue weighted by atomic mass is 32.2. The van der Waals surface area contributed by atoms with Crippen molar-refractivity contribution < 1.29 is 22.8 Å². The number of para-hydroxylation sites is 1. The molecule has 3 amide bonds. The quantitative estimate of drug-likeness (QED) is 0.560. The maximum Gasteiger partial charge on any atom is 0.254 e. The van der Waals surface area contributed by atoms with Gasteiger partial charge in [-0.25, -0.2) is 13.6 Å². The summed E-state index contributed by atoms with van der Waals surface area (Å²) in [6.07, 6.45) is -0.235. The molecule has 1 aliphatic rings. The zero-order valence-electron chi connectivity index (χ0n) is 14.6. The lowest BCUT2D eigenvalue weighted by molar-refractivity contribution is -0.125. The summed E-state index contributed by atoms with van der Waals surface area (Å²) >= 11 is 0. The third-order valence-electron chi connectivity index (χ3n) is 4.18. The molecule has 5 N–H and O–H groups in total. The van der Waals surface area contributed by atoms with E-state index in [2.05, 4.69) is 16.0 Å². The predicted molar refractivity (Wildman–Crippen MR) is 101 cm³/mol. The summed E-state index contributed by atoms with van der Waals surface area (Å²) in [5.41, 5.74) is 1.37. The highest BCUT2D eigenvalue weighted by Gasteiger charge is 2.29. The lowest BCUT2D eigenvalue weighted by atomic mass is 10.1. The van der Waals surface area contributed by atoms with E-state index >= 15 is 0 Å². The van der Waals surface area contributed by atoms with Crippen molar-refractivity contribution in [2.75, 3.05) is 5.32 Å². The van der Waals surface area contributed by atoms with Crippen LogP contribution in [0.1, 0.15) is 22.3 Å². The van der Waals surface area contributed by atoms with E-state index in [4.69, 9.17) is 5.14 Å². The van der Waals surface area contributed by atoms with Crippen LogP contribution in [-0.2, 0) is 26.2 Å². The molecular weight excluding hydrogens is 384 g/mol. The Hall–Kier alpha value is -3.24. The Labute approximate surface area is 161 Å². The van der Waals surface area contributed by atoms with Gasteiger partial charge in [0.1, 0.15) is 6.04 Å². The van der Waals surface area contributed by atoms with Crippen LogP contribution >= 0.6 is 0 Å². The fourth-order valence-corrected chi connectivity index (χ4v) is 3.23. The number of nitrogens with two attached hydrogens (primary N) is 1. The second kappa shape index (κ2) is 7.79. The molecule has 0 radical (unpaired) electrons. The number of sulfonamides is 1. The number of anilines is 1. The molecule has 0 spiro atoms. The van der Waals surface area contributed by atoms with E-state index in [0.29, 0.717) is 16.8 Å². The fourth-order valence-electron chi connectivity index (χ4n) is 2.71. The van der Waals surface area contributed by atoms with Crippen molar-refractivity contribution in [3.63, 3.8) is 0 Å². The zero-order chi connectivity index (χ0) is 20.3. The molecule has 0 saturated carbocycles. The van der Waals surface area contributed by atoms with Gasteiger partial charge in [-0.2, -0.15) is 0 Å². The summed E-state index contributed by atoms with van der Waals surface area (Å²) in [6, 6.07) is 11.3.